The van der Waals surface area contributed by atoms with Gasteiger partial charge in [0.2, 0.25) is 0 Å². The fraction of sp³-hybridized carbons (Fsp3) is 0.222. The first-order valence-electron chi connectivity index (χ1n) is 7.18. The molecule has 0 saturated heterocycles. The number of fused-ring (bicyclic) bond motifs is 1. The van der Waals surface area contributed by atoms with Crippen LogP contribution in [-0.2, 0) is 6.42 Å². The quantitative estimate of drug-likeness (QED) is 0.899. The number of rotatable bonds is 2. The molecule has 2 N–H and O–H groups in total. The minimum atomic E-state index is -0.635. The topological polar surface area (TPSA) is 35.2 Å². The fourth-order valence-electron chi connectivity index (χ4n) is 2.70. The van der Waals surface area contributed by atoms with Gasteiger partial charge < -0.3 is 10.5 Å². The summed E-state index contributed by atoms with van der Waals surface area (Å²) in [6.45, 7) is 3.89. The summed E-state index contributed by atoms with van der Waals surface area (Å²) in [7, 11) is 0. The van der Waals surface area contributed by atoms with Gasteiger partial charge in [-0.05, 0) is 44.0 Å². The number of halogens is 2. The molecule has 2 nitrogen and oxygen atoms in total. The summed E-state index contributed by atoms with van der Waals surface area (Å²) in [5.41, 5.74) is 9.30. The first-order valence-corrected chi connectivity index (χ1v) is 7.18. The molecule has 0 aliphatic carbocycles. The first-order chi connectivity index (χ1) is 10.5. The van der Waals surface area contributed by atoms with Crippen molar-refractivity contribution in [2.45, 2.75) is 26.3 Å². The Balaban J connectivity index is 2.04. The molecule has 1 heterocycles. The van der Waals surface area contributed by atoms with Crippen molar-refractivity contribution >= 4 is 5.76 Å². The van der Waals surface area contributed by atoms with Gasteiger partial charge in [-0.25, -0.2) is 8.78 Å². The van der Waals surface area contributed by atoms with E-state index in [0.29, 0.717) is 17.9 Å². The Morgan fingerprint density at radius 2 is 1.95 bits per heavy atom. The predicted octanol–water partition coefficient (Wildman–Crippen LogP) is 4.27. The molecule has 1 aliphatic heterocycles. The Morgan fingerprint density at radius 3 is 2.64 bits per heavy atom. The molecule has 114 valence electrons. The van der Waals surface area contributed by atoms with Gasteiger partial charge in [0.25, 0.3) is 0 Å². The van der Waals surface area contributed by atoms with E-state index >= 15 is 0 Å². The highest BCUT2D eigenvalue weighted by molar-refractivity contribution is 5.67. The van der Waals surface area contributed by atoms with Gasteiger partial charge >= 0.3 is 0 Å². The lowest BCUT2D eigenvalue weighted by atomic mass is 9.96. The average molecular weight is 301 g/mol. The number of hydrogen-bond acceptors (Lipinski definition) is 2. The second kappa shape index (κ2) is 5.54. The Morgan fingerprint density at radius 1 is 1.18 bits per heavy atom. The van der Waals surface area contributed by atoms with Crippen molar-refractivity contribution in [3.63, 3.8) is 0 Å². The molecule has 4 heteroatoms. The molecule has 0 aromatic heterocycles. The second-order valence-corrected chi connectivity index (χ2v) is 5.63. The summed E-state index contributed by atoms with van der Waals surface area (Å²) in [5, 5.41) is 0. The zero-order chi connectivity index (χ0) is 15.9. The Bertz CT molecular complexity index is 766. The molecule has 0 spiro atoms. The number of benzene rings is 2. The Labute approximate surface area is 128 Å². The van der Waals surface area contributed by atoms with Crippen molar-refractivity contribution in [2.24, 2.45) is 5.73 Å². The lowest BCUT2D eigenvalue weighted by molar-refractivity contribution is 0.478. The summed E-state index contributed by atoms with van der Waals surface area (Å²) >= 11 is 0. The molecule has 2 aromatic rings. The lowest BCUT2D eigenvalue weighted by Crippen LogP contribution is -2.13. The lowest BCUT2D eigenvalue weighted by Gasteiger charge is -2.23. The normalized spacial score (nSPS) is 14.9. The fourth-order valence-corrected chi connectivity index (χ4v) is 2.70. The maximum Gasteiger partial charge on any atom is 0.137 e. The van der Waals surface area contributed by atoms with Gasteiger partial charge in [0.1, 0.15) is 23.1 Å². The summed E-state index contributed by atoms with van der Waals surface area (Å²) in [5.74, 6) is -0.160. The van der Waals surface area contributed by atoms with Gasteiger partial charge in [-0.2, -0.15) is 0 Å². The van der Waals surface area contributed by atoms with Crippen LogP contribution in [0.4, 0.5) is 8.78 Å². The molecule has 0 saturated carbocycles. The van der Waals surface area contributed by atoms with E-state index in [-0.39, 0.29) is 11.6 Å². The molecule has 0 fully saturated rings. The highest BCUT2D eigenvalue weighted by Crippen LogP contribution is 2.37. The van der Waals surface area contributed by atoms with Gasteiger partial charge in [0, 0.05) is 17.7 Å². The number of nitrogens with two attached hydrogens (primary N) is 1. The van der Waals surface area contributed by atoms with Crippen LogP contribution >= 0.6 is 0 Å². The molecule has 0 amide bonds. The van der Waals surface area contributed by atoms with Crippen LogP contribution in [0.3, 0.4) is 0 Å². The van der Waals surface area contributed by atoms with Crippen molar-refractivity contribution in [3.05, 3.63) is 70.3 Å². The zero-order valence-electron chi connectivity index (χ0n) is 12.5. The smallest absolute Gasteiger partial charge is 0.137 e. The molecular weight excluding hydrogens is 284 g/mol. The predicted molar refractivity (Wildman–Crippen MR) is 82.4 cm³/mol. The number of ether oxygens (including phenoxy) is 1. The van der Waals surface area contributed by atoms with E-state index in [4.69, 9.17) is 10.5 Å². The van der Waals surface area contributed by atoms with E-state index in [0.717, 1.165) is 22.8 Å². The van der Waals surface area contributed by atoms with E-state index < -0.39 is 11.6 Å². The average Bonchev–Trinajstić information content (AvgIpc) is 2.46. The van der Waals surface area contributed by atoms with Crippen LogP contribution in [0.25, 0.3) is 5.76 Å². The van der Waals surface area contributed by atoms with Crippen LogP contribution < -0.4 is 10.5 Å². The monoisotopic (exact) mass is 301 g/mol. The van der Waals surface area contributed by atoms with E-state index in [1.807, 2.05) is 32.1 Å². The molecule has 0 bridgehead atoms. The van der Waals surface area contributed by atoms with Crippen molar-refractivity contribution in [1.29, 1.82) is 0 Å². The van der Waals surface area contributed by atoms with E-state index in [1.165, 1.54) is 12.1 Å². The van der Waals surface area contributed by atoms with Crippen molar-refractivity contribution < 1.29 is 13.5 Å². The largest absolute Gasteiger partial charge is 0.456 e. The molecule has 1 atom stereocenters. The van der Waals surface area contributed by atoms with E-state index in [1.54, 1.807) is 0 Å². The van der Waals surface area contributed by atoms with E-state index in [2.05, 4.69) is 0 Å². The van der Waals surface area contributed by atoms with Crippen LogP contribution in [0.5, 0.6) is 5.75 Å². The van der Waals surface area contributed by atoms with E-state index in [9.17, 15) is 8.78 Å². The Hall–Kier alpha value is -2.20. The maximum atomic E-state index is 13.9. The van der Waals surface area contributed by atoms with Crippen molar-refractivity contribution in [2.75, 3.05) is 0 Å². The molecule has 3 rings (SSSR count). The molecular formula is C18H17F2NO. The second-order valence-electron chi connectivity index (χ2n) is 5.63. The molecule has 0 unspecified atom stereocenters. The van der Waals surface area contributed by atoms with Gasteiger partial charge in [0.15, 0.2) is 0 Å². The standard InChI is InChI=1S/C18H17F2NO/c1-10-7-12-3-6-17(14-5-4-13(19)9-16(14)20)22-18(12)15(8-10)11(2)21/h4-9,11H,3,21H2,1-2H3/t11-/m1/s1. The number of hydrogen-bond donors (Lipinski definition) is 1. The van der Waals surface area contributed by atoms with Crippen LogP contribution in [-0.4, -0.2) is 0 Å². The Kier molecular flexibility index (Phi) is 3.71. The van der Waals surface area contributed by atoms with Crippen LogP contribution in [0.1, 0.15) is 35.2 Å². The number of aryl methyl sites for hydroxylation is 1. The van der Waals surface area contributed by atoms with Crippen LogP contribution in [0.2, 0.25) is 0 Å². The van der Waals surface area contributed by atoms with Crippen LogP contribution in [0.15, 0.2) is 36.4 Å². The van der Waals surface area contributed by atoms with Gasteiger partial charge in [-0.15, -0.1) is 0 Å². The minimum Gasteiger partial charge on any atom is -0.456 e. The van der Waals surface area contributed by atoms with Gasteiger partial charge in [-0.1, -0.05) is 17.7 Å². The highest BCUT2D eigenvalue weighted by Gasteiger charge is 2.21. The summed E-state index contributed by atoms with van der Waals surface area (Å²) in [4.78, 5) is 0. The van der Waals surface area contributed by atoms with Crippen LogP contribution in [0, 0.1) is 18.6 Å². The third-order valence-electron chi connectivity index (χ3n) is 3.75. The van der Waals surface area contributed by atoms with Gasteiger partial charge in [0.05, 0.1) is 5.56 Å². The summed E-state index contributed by atoms with van der Waals surface area (Å²) in [6.07, 6.45) is 2.44. The molecule has 2 aromatic carbocycles. The first kappa shape index (κ1) is 14.7. The number of allylic oxidation sites excluding steroid dienone is 1. The summed E-state index contributed by atoms with van der Waals surface area (Å²) in [6, 6.07) is 7.30. The third kappa shape index (κ3) is 2.62. The van der Waals surface area contributed by atoms with Crippen molar-refractivity contribution in [1.82, 2.24) is 0 Å². The SMILES string of the molecule is Cc1cc2c(c([C@@H](C)N)c1)OC(c1ccc(F)cc1F)=CC2. The summed E-state index contributed by atoms with van der Waals surface area (Å²) < 4.78 is 32.9. The van der Waals surface area contributed by atoms with Gasteiger partial charge in [-0.3, -0.25) is 0 Å². The minimum absolute atomic E-state index is 0.189. The molecule has 22 heavy (non-hydrogen) atoms. The third-order valence-corrected chi connectivity index (χ3v) is 3.75. The molecule has 0 radical (unpaired) electrons. The maximum absolute atomic E-state index is 13.9. The molecule has 1 aliphatic rings. The highest BCUT2D eigenvalue weighted by atomic mass is 19.1. The zero-order valence-corrected chi connectivity index (χ0v) is 12.5. The van der Waals surface area contributed by atoms with Crippen molar-refractivity contribution in [3.8, 4) is 5.75 Å².